The van der Waals surface area contributed by atoms with Gasteiger partial charge in [0.2, 0.25) is 0 Å². The number of imidazole rings is 1. The molecule has 0 saturated heterocycles. The van der Waals surface area contributed by atoms with Gasteiger partial charge in [-0.05, 0) is 84.4 Å². The molecule has 48 heavy (non-hydrogen) atoms. The van der Waals surface area contributed by atoms with Gasteiger partial charge in [-0.15, -0.1) is 0 Å². The van der Waals surface area contributed by atoms with E-state index in [1.165, 1.54) is 11.1 Å². The first kappa shape index (κ1) is 30.0. The second-order valence-electron chi connectivity index (χ2n) is 12.2. The lowest BCUT2D eigenvalue weighted by atomic mass is 9.45. The van der Waals surface area contributed by atoms with Crippen LogP contribution in [0.15, 0.2) is 152 Å². The molecule has 0 bridgehead atoms. The predicted molar refractivity (Wildman–Crippen MR) is 198 cm³/mol. The van der Waals surface area contributed by atoms with Crippen LogP contribution in [0.5, 0.6) is 0 Å². The van der Waals surface area contributed by atoms with Gasteiger partial charge in [0.15, 0.2) is 7.85 Å². The number of para-hydroxylation sites is 2. The molecular weight excluding hydrogens is 585 g/mol. The summed E-state index contributed by atoms with van der Waals surface area (Å²) in [6.07, 6.45) is 0. The van der Waals surface area contributed by atoms with Gasteiger partial charge >= 0.3 is 0 Å². The lowest BCUT2D eigenvalue weighted by Gasteiger charge is -2.37. The van der Waals surface area contributed by atoms with Crippen molar-refractivity contribution in [3.63, 3.8) is 0 Å². The molecule has 2 N–H and O–H groups in total. The Morgan fingerprint density at radius 3 is 1.67 bits per heavy atom. The molecular formula is C41H27B3N2O2. The van der Waals surface area contributed by atoms with Gasteiger partial charge in [0.25, 0.3) is 0 Å². The first-order valence-corrected chi connectivity index (χ1v) is 15.7. The topological polar surface area (TPSA) is 58.3 Å². The van der Waals surface area contributed by atoms with Crippen LogP contribution >= 0.6 is 0 Å². The van der Waals surface area contributed by atoms with Gasteiger partial charge < -0.3 is 10.2 Å². The highest BCUT2D eigenvalue weighted by molar-refractivity contribution is 6.44. The van der Waals surface area contributed by atoms with Crippen molar-refractivity contribution in [1.29, 1.82) is 0 Å². The van der Waals surface area contributed by atoms with E-state index < -0.39 is 10.9 Å². The molecule has 1 aromatic heterocycles. The van der Waals surface area contributed by atoms with Crippen LogP contribution in [0.4, 0.5) is 0 Å². The maximum atomic E-state index is 10.4. The number of hydrogen-bond donors (Lipinski definition) is 2. The number of rotatable bonds is 6. The summed E-state index contributed by atoms with van der Waals surface area (Å²) < 4.78 is 1.74. The number of hydrogen-bond acceptors (Lipinski definition) is 3. The van der Waals surface area contributed by atoms with E-state index in [1.807, 2.05) is 48.5 Å². The summed E-state index contributed by atoms with van der Waals surface area (Å²) in [4.78, 5) is 4.62. The van der Waals surface area contributed by atoms with Crippen molar-refractivity contribution in [3.05, 3.63) is 157 Å². The van der Waals surface area contributed by atoms with E-state index in [0.717, 1.165) is 43.8 Å². The average molecular weight is 612 g/mol. The summed E-state index contributed by atoms with van der Waals surface area (Å²) in [5, 5.41) is 23.0. The Kier molecular flexibility index (Phi) is 7.13. The molecule has 0 aliphatic rings. The first-order valence-electron chi connectivity index (χ1n) is 15.7. The first-order chi connectivity index (χ1) is 23.2. The summed E-state index contributed by atoms with van der Waals surface area (Å²) in [6, 6.07) is 51.5. The van der Waals surface area contributed by atoms with E-state index in [-0.39, 0.29) is 5.82 Å². The van der Waals surface area contributed by atoms with Crippen molar-refractivity contribution < 1.29 is 10.2 Å². The van der Waals surface area contributed by atoms with Crippen molar-refractivity contribution in [3.8, 4) is 39.1 Å². The van der Waals surface area contributed by atoms with Crippen molar-refractivity contribution >= 4 is 56.1 Å². The van der Waals surface area contributed by atoms with Gasteiger partial charge in [-0.1, -0.05) is 127 Å². The molecule has 0 spiro atoms. The molecule has 0 aliphatic heterocycles. The van der Waals surface area contributed by atoms with E-state index in [1.54, 1.807) is 4.57 Å². The number of nitrogens with zero attached hydrogens (tertiary/aromatic N) is 2. The highest BCUT2D eigenvalue weighted by Crippen LogP contribution is 2.46. The highest BCUT2D eigenvalue weighted by Gasteiger charge is 2.41. The maximum absolute atomic E-state index is 10.4. The van der Waals surface area contributed by atoms with Gasteiger partial charge in [0, 0.05) is 5.69 Å². The van der Waals surface area contributed by atoms with Crippen LogP contribution in [-0.4, -0.2) is 49.0 Å². The summed E-state index contributed by atoms with van der Waals surface area (Å²) in [5.41, 5.74) is 5.70. The van der Waals surface area contributed by atoms with Gasteiger partial charge in [-0.2, -0.15) is 0 Å². The molecule has 8 aromatic rings. The quantitative estimate of drug-likeness (QED) is 0.115. The van der Waals surface area contributed by atoms with Crippen LogP contribution < -0.4 is 0 Å². The molecule has 8 rings (SSSR count). The normalized spacial score (nSPS) is 12.2. The SMILES string of the molecule is [B]C(O)(O)C([B])([B])c1nc2ccccc2n1-c1cccc(-c2c3ccccc3c(-c3ccccc3-c3ccccc3)c3ccccc23)c1. The molecule has 7 heteroatoms. The Morgan fingerprint density at radius 2 is 1.02 bits per heavy atom. The van der Waals surface area contributed by atoms with E-state index in [9.17, 15) is 10.2 Å². The van der Waals surface area contributed by atoms with Crippen molar-refractivity contribution in [2.45, 2.75) is 10.9 Å². The minimum atomic E-state index is -2.94. The van der Waals surface area contributed by atoms with Crippen LogP contribution in [0, 0.1) is 0 Å². The van der Waals surface area contributed by atoms with Gasteiger partial charge in [-0.25, -0.2) is 4.98 Å². The minimum Gasteiger partial charge on any atom is -0.376 e. The molecule has 0 atom stereocenters. The van der Waals surface area contributed by atoms with Gasteiger partial charge in [0.1, 0.15) is 11.5 Å². The Labute approximate surface area is 282 Å². The van der Waals surface area contributed by atoms with Crippen LogP contribution in [0.3, 0.4) is 0 Å². The third-order valence-corrected chi connectivity index (χ3v) is 9.15. The minimum absolute atomic E-state index is 0.0101. The molecule has 0 fully saturated rings. The largest absolute Gasteiger partial charge is 0.376 e. The monoisotopic (exact) mass is 612 g/mol. The summed E-state index contributed by atoms with van der Waals surface area (Å²) in [5.74, 6) is 0.0101. The lowest BCUT2D eigenvalue weighted by Crippen LogP contribution is -2.54. The zero-order valence-electron chi connectivity index (χ0n) is 26.0. The predicted octanol–water partition coefficient (Wildman–Crippen LogP) is 7.63. The van der Waals surface area contributed by atoms with Crippen LogP contribution in [0.2, 0.25) is 0 Å². The lowest BCUT2D eigenvalue weighted by molar-refractivity contribution is -0.100. The molecule has 0 saturated carbocycles. The molecule has 0 aliphatic carbocycles. The van der Waals surface area contributed by atoms with Gasteiger partial charge in [-0.3, -0.25) is 4.57 Å². The second kappa shape index (κ2) is 11.4. The Balaban J connectivity index is 1.41. The zero-order chi connectivity index (χ0) is 33.0. The fraction of sp³-hybridized carbons (Fsp3) is 0.0488. The van der Waals surface area contributed by atoms with Crippen molar-refractivity contribution in [1.82, 2.24) is 9.55 Å². The number of aromatic nitrogens is 2. The van der Waals surface area contributed by atoms with E-state index >= 15 is 0 Å². The van der Waals surface area contributed by atoms with Crippen molar-refractivity contribution in [2.75, 3.05) is 0 Å². The van der Waals surface area contributed by atoms with Crippen LogP contribution in [0.25, 0.3) is 71.6 Å². The standard InChI is InChI=1S/C41H27B3N2O2/c42-40(43,41(44,47)48)39-45-35-23-10-11-24-36(35)46(39)28-16-12-15-27(25-28)37-31-19-6-8-21-33(31)38(34-22-9-7-20-32(34)37)30-18-5-4-17-29(30)26-13-2-1-3-14-26/h1-25,47-48H. The molecule has 1 heterocycles. The highest BCUT2D eigenvalue weighted by atomic mass is 16.5. The summed E-state index contributed by atoms with van der Waals surface area (Å²) in [7, 11) is 18.3. The zero-order valence-corrected chi connectivity index (χ0v) is 26.0. The van der Waals surface area contributed by atoms with Crippen molar-refractivity contribution in [2.24, 2.45) is 0 Å². The van der Waals surface area contributed by atoms with Crippen LogP contribution in [-0.2, 0) is 5.21 Å². The van der Waals surface area contributed by atoms with E-state index in [0.29, 0.717) is 16.7 Å². The molecule has 7 aromatic carbocycles. The maximum Gasteiger partial charge on any atom is 0.152 e. The van der Waals surface area contributed by atoms with E-state index in [2.05, 4.69) is 108 Å². The van der Waals surface area contributed by atoms with E-state index in [4.69, 9.17) is 23.5 Å². The Bertz CT molecular complexity index is 2430. The summed E-state index contributed by atoms with van der Waals surface area (Å²) >= 11 is 0. The summed E-state index contributed by atoms with van der Waals surface area (Å²) in [6.45, 7) is 0. The van der Waals surface area contributed by atoms with Gasteiger partial charge in [0.05, 0.1) is 26.7 Å². The number of fused-ring (bicyclic) bond motifs is 3. The molecule has 0 unspecified atom stereocenters. The van der Waals surface area contributed by atoms with Crippen LogP contribution in [0.1, 0.15) is 5.82 Å². The second-order valence-corrected chi connectivity index (χ2v) is 12.2. The number of benzene rings is 7. The average Bonchev–Trinajstić information content (AvgIpc) is 3.51. The Hall–Kier alpha value is -5.36. The number of aliphatic hydroxyl groups is 2. The third kappa shape index (κ3) is 4.78. The molecule has 222 valence electrons. The molecule has 4 nitrogen and oxygen atoms in total. The smallest absolute Gasteiger partial charge is 0.152 e. The third-order valence-electron chi connectivity index (χ3n) is 9.15. The fourth-order valence-corrected chi connectivity index (χ4v) is 6.83. The molecule has 6 radical (unpaired) electrons. The molecule has 0 amide bonds. The fourth-order valence-electron chi connectivity index (χ4n) is 6.83. The Morgan fingerprint density at radius 1 is 0.500 bits per heavy atom.